The van der Waals surface area contributed by atoms with Crippen LogP contribution in [0.15, 0.2) is 85.1 Å². The van der Waals surface area contributed by atoms with Crippen LogP contribution in [0.5, 0.6) is 0 Å². The second kappa shape index (κ2) is 7.60. The van der Waals surface area contributed by atoms with Crippen LogP contribution in [0.4, 0.5) is 5.69 Å². The van der Waals surface area contributed by atoms with Gasteiger partial charge in [0.15, 0.2) is 0 Å². The lowest BCUT2D eigenvalue weighted by Gasteiger charge is -2.12. The van der Waals surface area contributed by atoms with Gasteiger partial charge < -0.3 is 5.32 Å². The van der Waals surface area contributed by atoms with Gasteiger partial charge >= 0.3 is 0 Å². The number of nitriles is 1. The SMILES string of the molecule is N#Cc1ccc(-c2[nH]ncc2-c2ccccc2NC(=O)c2ccccc2)cc1. The van der Waals surface area contributed by atoms with E-state index in [1.807, 2.05) is 54.6 Å². The van der Waals surface area contributed by atoms with Gasteiger partial charge in [-0.1, -0.05) is 48.5 Å². The van der Waals surface area contributed by atoms with Gasteiger partial charge in [-0.3, -0.25) is 9.89 Å². The molecule has 1 heterocycles. The zero-order valence-corrected chi connectivity index (χ0v) is 14.9. The van der Waals surface area contributed by atoms with Crippen molar-refractivity contribution in [3.05, 3.63) is 96.2 Å². The molecular formula is C23H16N4O. The maximum Gasteiger partial charge on any atom is 0.255 e. The van der Waals surface area contributed by atoms with E-state index in [4.69, 9.17) is 5.26 Å². The maximum absolute atomic E-state index is 12.6. The van der Waals surface area contributed by atoms with Crippen LogP contribution in [0.2, 0.25) is 0 Å². The van der Waals surface area contributed by atoms with E-state index in [9.17, 15) is 4.79 Å². The molecule has 0 saturated heterocycles. The molecule has 1 amide bonds. The number of H-pyrrole nitrogens is 1. The molecule has 0 saturated carbocycles. The zero-order valence-electron chi connectivity index (χ0n) is 14.9. The van der Waals surface area contributed by atoms with Crippen LogP contribution in [0.3, 0.4) is 0 Å². The molecule has 3 aromatic carbocycles. The summed E-state index contributed by atoms with van der Waals surface area (Å²) in [5.74, 6) is -0.170. The highest BCUT2D eigenvalue weighted by Gasteiger charge is 2.15. The molecule has 0 unspecified atom stereocenters. The van der Waals surface area contributed by atoms with E-state index in [-0.39, 0.29) is 5.91 Å². The molecule has 0 atom stereocenters. The summed E-state index contributed by atoms with van der Waals surface area (Å²) in [4.78, 5) is 12.6. The molecule has 1 aromatic heterocycles. The first-order chi connectivity index (χ1) is 13.8. The second-order valence-corrected chi connectivity index (χ2v) is 6.21. The van der Waals surface area contributed by atoms with Crippen molar-refractivity contribution >= 4 is 11.6 Å². The maximum atomic E-state index is 12.6. The van der Waals surface area contributed by atoms with E-state index >= 15 is 0 Å². The van der Waals surface area contributed by atoms with Crippen molar-refractivity contribution in [2.75, 3.05) is 5.32 Å². The normalized spacial score (nSPS) is 10.2. The largest absolute Gasteiger partial charge is 0.321 e. The minimum Gasteiger partial charge on any atom is -0.321 e. The van der Waals surface area contributed by atoms with Crippen LogP contribution in [0.25, 0.3) is 22.4 Å². The number of aromatic amines is 1. The summed E-state index contributed by atoms with van der Waals surface area (Å²) in [6, 6.07) is 26.1. The van der Waals surface area contributed by atoms with Crippen LogP contribution < -0.4 is 5.32 Å². The fourth-order valence-corrected chi connectivity index (χ4v) is 3.03. The predicted molar refractivity (Wildman–Crippen MR) is 109 cm³/mol. The Hall–Kier alpha value is -4.17. The van der Waals surface area contributed by atoms with Gasteiger partial charge in [-0.25, -0.2) is 0 Å². The number of rotatable bonds is 4. The molecule has 0 aliphatic heterocycles. The lowest BCUT2D eigenvalue weighted by atomic mass is 9.99. The zero-order chi connectivity index (χ0) is 19.3. The topological polar surface area (TPSA) is 81.6 Å². The molecule has 0 fully saturated rings. The van der Waals surface area contributed by atoms with E-state index in [0.29, 0.717) is 16.8 Å². The molecule has 4 rings (SSSR count). The van der Waals surface area contributed by atoms with E-state index in [1.54, 1.807) is 30.5 Å². The molecule has 2 N–H and O–H groups in total. The third kappa shape index (κ3) is 3.39. The standard InChI is InChI=1S/C23H16N4O/c24-14-16-10-12-17(13-11-16)22-20(15-25-27-22)19-8-4-5-9-21(19)26-23(28)18-6-2-1-3-7-18/h1-13,15H,(H,25,27)(H,26,28). The number of para-hydroxylation sites is 1. The van der Waals surface area contributed by atoms with Crippen molar-refractivity contribution in [2.45, 2.75) is 0 Å². The minimum absolute atomic E-state index is 0.170. The van der Waals surface area contributed by atoms with Gasteiger partial charge in [0, 0.05) is 27.9 Å². The van der Waals surface area contributed by atoms with E-state index in [0.717, 1.165) is 22.4 Å². The van der Waals surface area contributed by atoms with Crippen LogP contribution in [-0.4, -0.2) is 16.1 Å². The Morgan fingerprint density at radius 1 is 0.893 bits per heavy atom. The molecule has 0 radical (unpaired) electrons. The summed E-state index contributed by atoms with van der Waals surface area (Å²) in [6.07, 6.45) is 1.74. The predicted octanol–water partition coefficient (Wildman–Crippen LogP) is 4.87. The third-order valence-electron chi connectivity index (χ3n) is 4.44. The van der Waals surface area contributed by atoms with Gasteiger partial charge in [0.2, 0.25) is 0 Å². The molecule has 4 aromatic rings. The Kier molecular flexibility index (Phi) is 4.68. The van der Waals surface area contributed by atoms with Crippen molar-refractivity contribution in [1.82, 2.24) is 10.2 Å². The van der Waals surface area contributed by atoms with E-state index < -0.39 is 0 Å². The highest BCUT2D eigenvalue weighted by molar-refractivity contribution is 6.06. The smallest absolute Gasteiger partial charge is 0.255 e. The number of carbonyl (C=O) groups excluding carboxylic acids is 1. The molecule has 0 bridgehead atoms. The summed E-state index contributed by atoms with van der Waals surface area (Å²) >= 11 is 0. The Bertz CT molecular complexity index is 1160. The van der Waals surface area contributed by atoms with E-state index in [2.05, 4.69) is 21.6 Å². The fourth-order valence-electron chi connectivity index (χ4n) is 3.03. The molecule has 5 nitrogen and oxygen atoms in total. The molecule has 0 spiro atoms. The number of amides is 1. The number of aromatic nitrogens is 2. The van der Waals surface area contributed by atoms with Gasteiger partial charge in [0.05, 0.1) is 23.5 Å². The Balaban J connectivity index is 1.71. The third-order valence-corrected chi connectivity index (χ3v) is 4.44. The monoisotopic (exact) mass is 364 g/mol. The molecular weight excluding hydrogens is 348 g/mol. The first-order valence-electron chi connectivity index (χ1n) is 8.76. The number of nitrogens with one attached hydrogen (secondary N) is 2. The van der Waals surface area contributed by atoms with Crippen LogP contribution in [-0.2, 0) is 0 Å². The molecule has 28 heavy (non-hydrogen) atoms. The number of benzene rings is 3. The van der Waals surface area contributed by atoms with Gasteiger partial charge in [-0.2, -0.15) is 10.4 Å². The van der Waals surface area contributed by atoms with Crippen molar-refractivity contribution < 1.29 is 4.79 Å². The number of hydrogen-bond acceptors (Lipinski definition) is 3. The lowest BCUT2D eigenvalue weighted by Crippen LogP contribution is -2.12. The molecule has 0 aliphatic carbocycles. The summed E-state index contributed by atoms with van der Waals surface area (Å²) in [6.45, 7) is 0. The Labute approximate surface area is 162 Å². The van der Waals surface area contributed by atoms with Crippen LogP contribution in [0, 0.1) is 11.3 Å². The fraction of sp³-hybridized carbons (Fsp3) is 0. The van der Waals surface area contributed by atoms with Gasteiger partial charge in [0.1, 0.15) is 0 Å². The highest BCUT2D eigenvalue weighted by atomic mass is 16.1. The van der Waals surface area contributed by atoms with Gasteiger partial charge in [-0.15, -0.1) is 0 Å². The molecule has 0 aliphatic rings. The highest BCUT2D eigenvalue weighted by Crippen LogP contribution is 2.35. The quantitative estimate of drug-likeness (QED) is 0.542. The Morgan fingerprint density at radius 2 is 1.61 bits per heavy atom. The first-order valence-corrected chi connectivity index (χ1v) is 8.76. The van der Waals surface area contributed by atoms with Crippen molar-refractivity contribution in [2.24, 2.45) is 0 Å². The number of carbonyl (C=O) groups is 1. The van der Waals surface area contributed by atoms with E-state index in [1.165, 1.54) is 0 Å². The summed E-state index contributed by atoms with van der Waals surface area (Å²) < 4.78 is 0. The van der Waals surface area contributed by atoms with Crippen LogP contribution >= 0.6 is 0 Å². The van der Waals surface area contributed by atoms with Gasteiger partial charge in [0.25, 0.3) is 5.91 Å². The number of hydrogen-bond donors (Lipinski definition) is 2. The molecule has 5 heteroatoms. The second-order valence-electron chi connectivity index (χ2n) is 6.21. The summed E-state index contributed by atoms with van der Waals surface area (Å²) in [7, 11) is 0. The van der Waals surface area contributed by atoms with Crippen molar-refractivity contribution in [3.63, 3.8) is 0 Å². The average molecular weight is 364 g/mol. The number of anilines is 1. The Morgan fingerprint density at radius 3 is 2.36 bits per heavy atom. The number of nitrogens with zero attached hydrogens (tertiary/aromatic N) is 2. The van der Waals surface area contributed by atoms with Crippen LogP contribution in [0.1, 0.15) is 15.9 Å². The molecule has 134 valence electrons. The van der Waals surface area contributed by atoms with Crippen molar-refractivity contribution in [3.8, 4) is 28.5 Å². The summed E-state index contributed by atoms with van der Waals surface area (Å²) in [5, 5.41) is 19.2. The summed E-state index contributed by atoms with van der Waals surface area (Å²) in [5.41, 5.74) is 5.36. The van der Waals surface area contributed by atoms with Crippen molar-refractivity contribution in [1.29, 1.82) is 5.26 Å². The average Bonchev–Trinajstić information content (AvgIpc) is 3.24. The first kappa shape index (κ1) is 17.3. The minimum atomic E-state index is -0.170. The van der Waals surface area contributed by atoms with Gasteiger partial charge in [-0.05, 0) is 30.3 Å². The lowest BCUT2D eigenvalue weighted by molar-refractivity contribution is 0.102.